The van der Waals surface area contributed by atoms with Crippen LogP contribution in [0.4, 0.5) is 5.95 Å². The summed E-state index contributed by atoms with van der Waals surface area (Å²) in [7, 11) is 1.72. The highest BCUT2D eigenvalue weighted by molar-refractivity contribution is 5.78. The van der Waals surface area contributed by atoms with Gasteiger partial charge in [-0.1, -0.05) is 12.1 Å². The minimum absolute atomic E-state index is 0.106. The minimum Gasteiger partial charge on any atom is -0.381 e. The second kappa shape index (κ2) is 4.42. The third-order valence-corrected chi connectivity index (χ3v) is 3.38. The number of hydrogen-bond acceptors (Lipinski definition) is 4. The summed E-state index contributed by atoms with van der Waals surface area (Å²) in [4.78, 5) is 19.0. The smallest absolute Gasteiger partial charge is 0.260 e. The second-order valence-corrected chi connectivity index (χ2v) is 4.60. The zero-order valence-electron chi connectivity index (χ0n) is 10.1. The molecule has 1 aromatic heterocycles. The number of aromatic nitrogens is 2. The van der Waals surface area contributed by atoms with Crippen molar-refractivity contribution in [3.63, 3.8) is 0 Å². The molecule has 0 atom stereocenters. The predicted octanol–water partition coefficient (Wildman–Crippen LogP) is 1.51. The fourth-order valence-electron chi connectivity index (χ4n) is 2.22. The summed E-state index contributed by atoms with van der Waals surface area (Å²) >= 11 is 0. The third kappa shape index (κ3) is 1.97. The van der Waals surface area contributed by atoms with Crippen LogP contribution in [0.3, 0.4) is 0 Å². The molecule has 3 rings (SSSR count). The highest BCUT2D eigenvalue weighted by atomic mass is 16.5. The first-order valence-corrected chi connectivity index (χ1v) is 6.04. The standard InChI is InChI=1S/C13H15N3O2/c1-18-9-6-8(7-9)14-13-15-11-5-3-2-4-10(11)12(17)16-13/h2-5,8-9H,6-7H2,1H3,(H2,14,15,16,17)/t8-,9+. The van der Waals surface area contributed by atoms with Gasteiger partial charge in [0.25, 0.3) is 5.56 Å². The number of aromatic amines is 1. The van der Waals surface area contributed by atoms with Crippen LogP contribution in [0.2, 0.25) is 0 Å². The molecule has 1 aromatic carbocycles. The maximum absolute atomic E-state index is 11.8. The number of H-pyrrole nitrogens is 1. The van der Waals surface area contributed by atoms with E-state index < -0.39 is 0 Å². The molecule has 1 fully saturated rings. The number of para-hydroxylation sites is 1. The van der Waals surface area contributed by atoms with Gasteiger partial charge in [0, 0.05) is 13.2 Å². The highest BCUT2D eigenvalue weighted by Crippen LogP contribution is 2.25. The van der Waals surface area contributed by atoms with Crippen LogP contribution in [0.15, 0.2) is 29.1 Å². The minimum atomic E-state index is -0.106. The van der Waals surface area contributed by atoms with E-state index in [9.17, 15) is 4.79 Å². The monoisotopic (exact) mass is 245 g/mol. The Balaban J connectivity index is 1.83. The van der Waals surface area contributed by atoms with E-state index in [1.54, 1.807) is 13.2 Å². The molecular weight excluding hydrogens is 230 g/mol. The molecule has 0 bridgehead atoms. The predicted molar refractivity (Wildman–Crippen MR) is 69.8 cm³/mol. The third-order valence-electron chi connectivity index (χ3n) is 3.38. The van der Waals surface area contributed by atoms with E-state index in [-0.39, 0.29) is 5.56 Å². The number of benzene rings is 1. The molecule has 0 radical (unpaired) electrons. The molecule has 2 N–H and O–H groups in total. The van der Waals surface area contributed by atoms with Crippen molar-refractivity contribution in [1.82, 2.24) is 9.97 Å². The molecule has 1 aliphatic carbocycles. The van der Waals surface area contributed by atoms with Crippen LogP contribution < -0.4 is 10.9 Å². The van der Waals surface area contributed by atoms with E-state index in [1.165, 1.54) is 0 Å². The van der Waals surface area contributed by atoms with Crippen LogP contribution >= 0.6 is 0 Å². The van der Waals surface area contributed by atoms with Gasteiger partial charge < -0.3 is 10.1 Å². The summed E-state index contributed by atoms with van der Waals surface area (Å²) in [6, 6.07) is 7.66. The van der Waals surface area contributed by atoms with E-state index in [1.807, 2.05) is 18.2 Å². The number of fused-ring (bicyclic) bond motifs is 1. The Hall–Kier alpha value is -1.88. The normalized spacial score (nSPS) is 22.7. The summed E-state index contributed by atoms with van der Waals surface area (Å²) in [5, 5.41) is 3.85. The topological polar surface area (TPSA) is 67.0 Å². The number of anilines is 1. The molecule has 2 aromatic rings. The zero-order valence-corrected chi connectivity index (χ0v) is 10.1. The lowest BCUT2D eigenvalue weighted by atomic mass is 9.89. The van der Waals surface area contributed by atoms with E-state index in [0.717, 1.165) is 12.8 Å². The molecule has 0 aliphatic heterocycles. The van der Waals surface area contributed by atoms with Crippen LogP contribution in [0.5, 0.6) is 0 Å². The van der Waals surface area contributed by atoms with Crippen molar-refractivity contribution in [2.75, 3.05) is 12.4 Å². The molecule has 0 saturated heterocycles. The van der Waals surface area contributed by atoms with Gasteiger partial charge in [0.1, 0.15) is 0 Å². The summed E-state index contributed by atoms with van der Waals surface area (Å²) in [5.74, 6) is 0.540. The number of rotatable bonds is 3. The van der Waals surface area contributed by atoms with E-state index in [4.69, 9.17) is 4.74 Å². The molecule has 1 aliphatic rings. The first kappa shape index (κ1) is 11.2. The van der Waals surface area contributed by atoms with Gasteiger partial charge in [-0.05, 0) is 25.0 Å². The Morgan fingerprint density at radius 2 is 2.17 bits per heavy atom. The summed E-state index contributed by atoms with van der Waals surface area (Å²) in [6.45, 7) is 0. The first-order valence-electron chi connectivity index (χ1n) is 6.04. The lowest BCUT2D eigenvalue weighted by Crippen LogP contribution is -2.40. The zero-order chi connectivity index (χ0) is 12.5. The largest absolute Gasteiger partial charge is 0.381 e. The Morgan fingerprint density at radius 1 is 1.39 bits per heavy atom. The number of nitrogens with one attached hydrogen (secondary N) is 2. The molecule has 5 nitrogen and oxygen atoms in total. The number of hydrogen-bond donors (Lipinski definition) is 2. The van der Waals surface area contributed by atoms with Gasteiger partial charge in [0.05, 0.1) is 17.0 Å². The molecule has 0 unspecified atom stereocenters. The lowest BCUT2D eigenvalue weighted by Gasteiger charge is -2.34. The van der Waals surface area contributed by atoms with Crippen LogP contribution in [0, 0.1) is 0 Å². The van der Waals surface area contributed by atoms with E-state index >= 15 is 0 Å². The van der Waals surface area contributed by atoms with Gasteiger partial charge in [-0.3, -0.25) is 9.78 Å². The molecule has 1 saturated carbocycles. The van der Waals surface area contributed by atoms with Crippen molar-refractivity contribution in [3.8, 4) is 0 Å². The molecule has 94 valence electrons. The van der Waals surface area contributed by atoms with E-state index in [0.29, 0.717) is 29.0 Å². The summed E-state index contributed by atoms with van der Waals surface area (Å²) in [6.07, 6.45) is 2.23. The van der Waals surface area contributed by atoms with Gasteiger partial charge in [0.2, 0.25) is 5.95 Å². The Kier molecular flexibility index (Phi) is 2.76. The van der Waals surface area contributed by atoms with Crippen molar-refractivity contribution in [2.24, 2.45) is 0 Å². The van der Waals surface area contributed by atoms with Crippen LogP contribution in [0.1, 0.15) is 12.8 Å². The van der Waals surface area contributed by atoms with Crippen molar-refractivity contribution >= 4 is 16.9 Å². The SMILES string of the molecule is CO[C@H]1C[C@@H](Nc2nc3ccccc3c(=O)[nH]2)C1. The number of nitrogens with zero attached hydrogens (tertiary/aromatic N) is 1. The maximum atomic E-state index is 11.8. The molecular formula is C13H15N3O2. The Labute approximate surface area is 104 Å². The molecule has 1 heterocycles. The van der Waals surface area contributed by atoms with Crippen LogP contribution in [-0.4, -0.2) is 29.2 Å². The molecule has 5 heteroatoms. The fraction of sp³-hybridized carbons (Fsp3) is 0.385. The molecule has 0 amide bonds. The van der Waals surface area contributed by atoms with E-state index in [2.05, 4.69) is 15.3 Å². The van der Waals surface area contributed by atoms with Crippen molar-refractivity contribution < 1.29 is 4.74 Å². The number of methoxy groups -OCH3 is 1. The van der Waals surface area contributed by atoms with Gasteiger partial charge >= 0.3 is 0 Å². The Morgan fingerprint density at radius 3 is 2.94 bits per heavy atom. The van der Waals surface area contributed by atoms with Crippen molar-refractivity contribution in [2.45, 2.75) is 25.0 Å². The highest BCUT2D eigenvalue weighted by Gasteiger charge is 2.29. The average molecular weight is 245 g/mol. The molecule has 18 heavy (non-hydrogen) atoms. The lowest BCUT2D eigenvalue weighted by molar-refractivity contribution is 0.0327. The van der Waals surface area contributed by atoms with Crippen LogP contribution in [0.25, 0.3) is 10.9 Å². The van der Waals surface area contributed by atoms with Crippen LogP contribution in [-0.2, 0) is 4.74 Å². The molecule has 0 spiro atoms. The quantitative estimate of drug-likeness (QED) is 0.860. The number of ether oxygens (including phenoxy) is 1. The summed E-state index contributed by atoms with van der Waals surface area (Å²) < 4.78 is 5.22. The first-order chi connectivity index (χ1) is 8.76. The average Bonchev–Trinajstić information content (AvgIpc) is 2.33. The van der Waals surface area contributed by atoms with Gasteiger partial charge in [0.15, 0.2) is 0 Å². The van der Waals surface area contributed by atoms with Gasteiger partial charge in [-0.2, -0.15) is 0 Å². The Bertz CT molecular complexity index is 617. The maximum Gasteiger partial charge on any atom is 0.260 e. The van der Waals surface area contributed by atoms with Crippen molar-refractivity contribution in [3.05, 3.63) is 34.6 Å². The fourth-order valence-corrected chi connectivity index (χ4v) is 2.22. The summed E-state index contributed by atoms with van der Waals surface area (Å²) in [5.41, 5.74) is 0.608. The second-order valence-electron chi connectivity index (χ2n) is 4.60. The van der Waals surface area contributed by atoms with Crippen molar-refractivity contribution in [1.29, 1.82) is 0 Å². The van der Waals surface area contributed by atoms with Gasteiger partial charge in [-0.25, -0.2) is 4.98 Å². The van der Waals surface area contributed by atoms with Gasteiger partial charge in [-0.15, -0.1) is 0 Å².